The number of nitrogens with two attached hydrogens (primary N) is 1. The SMILES string of the molecule is CC(CC(F)F)NC(=O)OC(N)C1CC[Si](c2cc(NC(=O)Cc3cnn(C)c3)n[nH]2)C1. The average molecular weight is 469 g/mol. The molecule has 175 valence electrons. The molecular formula is C19H28F2N7O3Si. The molecule has 2 aromatic rings. The zero-order chi connectivity index (χ0) is 23.3. The topological polar surface area (TPSA) is 140 Å². The number of H-pyrrole nitrogens is 1. The van der Waals surface area contributed by atoms with Gasteiger partial charge in [0.25, 0.3) is 0 Å². The molecule has 0 saturated carbocycles. The van der Waals surface area contributed by atoms with Gasteiger partial charge in [-0.2, -0.15) is 10.2 Å². The predicted molar refractivity (Wildman–Crippen MR) is 115 cm³/mol. The van der Waals surface area contributed by atoms with Crippen LogP contribution in [0.15, 0.2) is 18.5 Å². The number of hydrogen-bond acceptors (Lipinski definition) is 6. The molecule has 5 N–H and O–H groups in total. The number of carbonyl (C=O) groups is 2. The van der Waals surface area contributed by atoms with Crippen molar-refractivity contribution in [2.45, 2.75) is 57.0 Å². The monoisotopic (exact) mass is 468 g/mol. The van der Waals surface area contributed by atoms with Gasteiger partial charge in [-0.1, -0.05) is 6.04 Å². The Balaban J connectivity index is 1.45. The zero-order valence-corrected chi connectivity index (χ0v) is 19.0. The molecule has 2 amide bonds. The van der Waals surface area contributed by atoms with Crippen molar-refractivity contribution >= 4 is 31.9 Å². The number of anilines is 1. The van der Waals surface area contributed by atoms with Crippen molar-refractivity contribution in [3.8, 4) is 0 Å². The number of amides is 2. The number of carbonyl (C=O) groups excluding carboxylic acids is 2. The van der Waals surface area contributed by atoms with E-state index in [-0.39, 0.29) is 18.2 Å². The third-order valence-corrected chi connectivity index (χ3v) is 8.21. The number of aromatic amines is 1. The standard InChI is InChI=1S/C19H28F2N7O3Si/c1-11(5-14(20)21)24-19(30)31-18(22)13-3-4-32(10-13)17-7-15(26-27-17)25-16(29)6-12-8-23-28(2)9-12/h7-9,11,13-14,18H,3-6,10,22H2,1-2H3,(H,24,30)(H2,25,26,27,29). The fraction of sp³-hybridized carbons (Fsp3) is 0.579. The second-order valence-corrected chi connectivity index (χ2v) is 10.7. The minimum absolute atomic E-state index is 0.0213. The number of aryl methyl sites for hydroxylation is 1. The van der Waals surface area contributed by atoms with Gasteiger partial charge in [-0.25, -0.2) is 13.6 Å². The van der Waals surface area contributed by atoms with Crippen molar-refractivity contribution < 1.29 is 23.1 Å². The Kier molecular flexibility index (Phi) is 7.96. The molecule has 0 spiro atoms. The van der Waals surface area contributed by atoms with Crippen LogP contribution in [-0.4, -0.2) is 59.5 Å². The molecule has 1 fully saturated rings. The summed E-state index contributed by atoms with van der Waals surface area (Å²) in [6.07, 6.45) is -0.115. The maximum Gasteiger partial charge on any atom is 0.408 e. The van der Waals surface area contributed by atoms with Gasteiger partial charge in [0, 0.05) is 36.9 Å². The second-order valence-electron chi connectivity index (χ2n) is 8.06. The molecule has 13 heteroatoms. The van der Waals surface area contributed by atoms with Gasteiger partial charge in [0.15, 0.2) is 12.0 Å². The molecule has 3 heterocycles. The smallest absolute Gasteiger partial charge is 0.408 e. The molecule has 3 unspecified atom stereocenters. The maximum atomic E-state index is 12.4. The summed E-state index contributed by atoms with van der Waals surface area (Å²) in [7, 11) is 0.790. The lowest BCUT2D eigenvalue weighted by Gasteiger charge is -2.21. The Labute approximate surface area is 185 Å². The van der Waals surface area contributed by atoms with E-state index in [0.29, 0.717) is 5.82 Å². The van der Waals surface area contributed by atoms with Crippen LogP contribution in [0.4, 0.5) is 19.4 Å². The van der Waals surface area contributed by atoms with E-state index in [1.165, 1.54) is 6.92 Å². The van der Waals surface area contributed by atoms with Crippen molar-refractivity contribution in [3.63, 3.8) is 0 Å². The third kappa shape index (κ3) is 6.85. The highest BCUT2D eigenvalue weighted by atomic mass is 28.3. The number of halogens is 2. The summed E-state index contributed by atoms with van der Waals surface area (Å²) in [5.74, 6) is 0.259. The van der Waals surface area contributed by atoms with E-state index in [1.54, 1.807) is 24.1 Å². The van der Waals surface area contributed by atoms with E-state index >= 15 is 0 Å². The minimum atomic E-state index is -2.50. The van der Waals surface area contributed by atoms with Crippen molar-refractivity contribution in [1.82, 2.24) is 25.3 Å². The number of alkyl carbamates (subject to hydrolysis) is 1. The predicted octanol–water partition coefficient (Wildman–Crippen LogP) is 1.10. The summed E-state index contributed by atoms with van der Waals surface area (Å²) in [5, 5.41) is 17.3. The first kappa shape index (κ1) is 23.9. The van der Waals surface area contributed by atoms with Crippen molar-refractivity contribution in [2.24, 2.45) is 18.7 Å². The molecule has 1 radical (unpaired) electrons. The molecule has 32 heavy (non-hydrogen) atoms. The molecule has 10 nitrogen and oxygen atoms in total. The lowest BCUT2D eigenvalue weighted by molar-refractivity contribution is -0.115. The van der Waals surface area contributed by atoms with Gasteiger partial charge in [-0.05, 0) is 31.0 Å². The third-order valence-electron chi connectivity index (χ3n) is 5.28. The van der Waals surface area contributed by atoms with Gasteiger partial charge in [0.2, 0.25) is 12.3 Å². The normalized spacial score (nSPS) is 18.5. The summed E-state index contributed by atoms with van der Waals surface area (Å²) in [6.45, 7) is 1.49. The van der Waals surface area contributed by atoms with Gasteiger partial charge in [-0.3, -0.25) is 20.3 Å². The van der Waals surface area contributed by atoms with Crippen molar-refractivity contribution in [3.05, 3.63) is 24.0 Å². The van der Waals surface area contributed by atoms with E-state index in [4.69, 9.17) is 10.5 Å². The van der Waals surface area contributed by atoms with Crippen LogP contribution in [0.2, 0.25) is 12.1 Å². The lowest BCUT2D eigenvalue weighted by Crippen LogP contribution is -2.41. The highest BCUT2D eigenvalue weighted by Gasteiger charge is 2.34. The van der Waals surface area contributed by atoms with Crippen molar-refractivity contribution in [2.75, 3.05) is 5.32 Å². The molecule has 3 rings (SSSR count). The fourth-order valence-corrected chi connectivity index (χ4v) is 6.73. The first-order valence-electron chi connectivity index (χ1n) is 10.4. The summed E-state index contributed by atoms with van der Waals surface area (Å²) in [4.78, 5) is 24.1. The van der Waals surface area contributed by atoms with Crippen LogP contribution in [0.5, 0.6) is 0 Å². The van der Waals surface area contributed by atoms with Crippen LogP contribution < -0.4 is 21.7 Å². The summed E-state index contributed by atoms with van der Waals surface area (Å²) in [6, 6.07) is 2.83. The molecule has 0 bridgehead atoms. The van der Waals surface area contributed by atoms with E-state index in [2.05, 4.69) is 25.9 Å². The Morgan fingerprint density at radius 3 is 2.94 bits per heavy atom. The number of nitrogens with zero attached hydrogens (tertiary/aromatic N) is 3. The van der Waals surface area contributed by atoms with E-state index < -0.39 is 40.0 Å². The molecule has 1 aliphatic rings. The van der Waals surface area contributed by atoms with Crippen LogP contribution in [0, 0.1) is 5.92 Å². The number of ether oxygens (including phenoxy) is 1. The molecule has 0 aliphatic carbocycles. The quantitative estimate of drug-likeness (QED) is 0.321. The Bertz CT molecular complexity index is 922. The van der Waals surface area contributed by atoms with Crippen LogP contribution in [0.3, 0.4) is 0 Å². The van der Waals surface area contributed by atoms with E-state index in [0.717, 1.165) is 29.4 Å². The van der Waals surface area contributed by atoms with Gasteiger partial charge in [-0.15, -0.1) is 0 Å². The number of hydrogen-bond donors (Lipinski definition) is 4. The molecule has 1 saturated heterocycles. The van der Waals surface area contributed by atoms with E-state index in [9.17, 15) is 18.4 Å². The Morgan fingerprint density at radius 1 is 1.47 bits per heavy atom. The Hall–Kier alpha value is -2.80. The lowest BCUT2D eigenvalue weighted by atomic mass is 10.1. The van der Waals surface area contributed by atoms with Gasteiger partial charge < -0.3 is 15.4 Å². The number of aromatic nitrogens is 4. The van der Waals surface area contributed by atoms with Crippen LogP contribution in [0.25, 0.3) is 0 Å². The largest absolute Gasteiger partial charge is 0.430 e. The number of rotatable bonds is 9. The molecule has 3 atom stereocenters. The highest BCUT2D eigenvalue weighted by molar-refractivity contribution is 6.73. The average Bonchev–Trinajstić information content (AvgIpc) is 3.41. The minimum Gasteiger partial charge on any atom is -0.430 e. The second kappa shape index (κ2) is 10.7. The van der Waals surface area contributed by atoms with Gasteiger partial charge in [0.05, 0.1) is 12.6 Å². The zero-order valence-electron chi connectivity index (χ0n) is 18.0. The summed E-state index contributed by atoms with van der Waals surface area (Å²) >= 11 is 0. The van der Waals surface area contributed by atoms with Crippen molar-refractivity contribution in [1.29, 1.82) is 0 Å². The Morgan fingerprint density at radius 2 is 2.25 bits per heavy atom. The van der Waals surface area contributed by atoms with Crippen LogP contribution in [-0.2, 0) is 23.0 Å². The fourth-order valence-electron chi connectivity index (χ4n) is 3.69. The molecule has 1 aliphatic heterocycles. The molecule has 2 aromatic heterocycles. The van der Waals surface area contributed by atoms with Gasteiger partial charge >= 0.3 is 6.09 Å². The molecule has 0 aromatic carbocycles. The number of alkyl halides is 2. The van der Waals surface area contributed by atoms with E-state index in [1.807, 2.05) is 6.07 Å². The van der Waals surface area contributed by atoms with Crippen LogP contribution in [0.1, 0.15) is 25.3 Å². The van der Waals surface area contributed by atoms with Gasteiger partial charge in [0.1, 0.15) is 8.80 Å². The highest BCUT2D eigenvalue weighted by Crippen LogP contribution is 2.29. The molecular weight excluding hydrogens is 440 g/mol. The van der Waals surface area contributed by atoms with Crippen LogP contribution >= 0.6 is 0 Å². The summed E-state index contributed by atoms with van der Waals surface area (Å²) in [5.41, 5.74) is 6.85. The summed E-state index contributed by atoms with van der Waals surface area (Å²) < 4.78 is 31.6. The maximum absolute atomic E-state index is 12.4. The first-order chi connectivity index (χ1) is 15.2. The first-order valence-corrected chi connectivity index (χ1v) is 12.3. The number of nitrogens with one attached hydrogen (secondary N) is 3.